The van der Waals surface area contributed by atoms with Gasteiger partial charge in [-0.2, -0.15) is 0 Å². The lowest BCUT2D eigenvalue weighted by Gasteiger charge is -2.16. The highest BCUT2D eigenvalue weighted by Gasteiger charge is 2.23. The summed E-state index contributed by atoms with van der Waals surface area (Å²) in [5.41, 5.74) is 7.60. The summed E-state index contributed by atoms with van der Waals surface area (Å²) < 4.78 is 25.7. The fourth-order valence-electron chi connectivity index (χ4n) is 2.93. The van der Waals surface area contributed by atoms with Gasteiger partial charge in [-0.1, -0.05) is 36.4 Å². The molecule has 0 fully saturated rings. The van der Waals surface area contributed by atoms with Crippen molar-refractivity contribution in [3.63, 3.8) is 0 Å². The summed E-state index contributed by atoms with van der Waals surface area (Å²) >= 11 is 1.37. The van der Waals surface area contributed by atoms with Crippen molar-refractivity contribution in [2.24, 2.45) is 5.73 Å². The molecule has 2 aromatic carbocycles. The zero-order chi connectivity index (χ0) is 23.3. The molecule has 8 nitrogen and oxygen atoms in total. The van der Waals surface area contributed by atoms with Gasteiger partial charge in [0, 0.05) is 37.1 Å². The van der Waals surface area contributed by atoms with Crippen LogP contribution in [0.4, 0.5) is 0 Å². The molecule has 0 aliphatic rings. The zero-order valence-electron chi connectivity index (χ0n) is 17.7. The SMILES string of the molecule is CN(C)S(=O)(=O)c1cccc(C(=O)N[C@@H](CN)C(=O)Cc2nc(-c3ccccc3)cs2)c1. The average Bonchev–Trinajstić information content (AvgIpc) is 3.26. The molecular weight excluding hydrogens is 448 g/mol. The fraction of sp³-hybridized carbons (Fsp3) is 0.227. The summed E-state index contributed by atoms with van der Waals surface area (Å²) in [7, 11) is -0.870. The van der Waals surface area contributed by atoms with Gasteiger partial charge in [0.05, 0.1) is 17.0 Å². The van der Waals surface area contributed by atoms with E-state index in [0.29, 0.717) is 5.01 Å². The van der Waals surface area contributed by atoms with E-state index in [1.807, 2.05) is 35.7 Å². The summed E-state index contributed by atoms with van der Waals surface area (Å²) in [6.07, 6.45) is 0.0364. The predicted molar refractivity (Wildman–Crippen MR) is 124 cm³/mol. The molecule has 10 heteroatoms. The Kier molecular flexibility index (Phi) is 7.52. The number of nitrogens with two attached hydrogens (primary N) is 1. The molecule has 168 valence electrons. The second-order valence-electron chi connectivity index (χ2n) is 7.21. The van der Waals surface area contributed by atoms with Gasteiger partial charge >= 0.3 is 0 Å². The lowest BCUT2D eigenvalue weighted by atomic mass is 10.1. The van der Waals surface area contributed by atoms with Crippen molar-refractivity contribution in [1.29, 1.82) is 0 Å². The van der Waals surface area contributed by atoms with Crippen molar-refractivity contribution in [2.75, 3.05) is 20.6 Å². The van der Waals surface area contributed by atoms with Crippen molar-refractivity contribution >= 4 is 33.1 Å². The molecule has 3 rings (SSSR count). The molecule has 0 unspecified atom stereocenters. The van der Waals surface area contributed by atoms with Gasteiger partial charge in [0.25, 0.3) is 5.91 Å². The van der Waals surface area contributed by atoms with Crippen LogP contribution in [0.15, 0.2) is 64.9 Å². The third-order valence-corrected chi connectivity index (χ3v) is 7.41. The molecule has 32 heavy (non-hydrogen) atoms. The summed E-state index contributed by atoms with van der Waals surface area (Å²) in [6.45, 7) is -0.0861. The van der Waals surface area contributed by atoms with Crippen LogP contribution < -0.4 is 11.1 Å². The number of rotatable bonds is 9. The summed E-state index contributed by atoms with van der Waals surface area (Å²) in [4.78, 5) is 29.9. The van der Waals surface area contributed by atoms with Gasteiger partial charge in [-0.3, -0.25) is 9.59 Å². The first-order chi connectivity index (χ1) is 15.2. The van der Waals surface area contributed by atoms with Crippen LogP contribution in [0, 0.1) is 0 Å². The number of sulfonamides is 1. The number of Topliss-reactive ketones (excluding diaryl/α,β-unsaturated/α-hetero) is 1. The maximum Gasteiger partial charge on any atom is 0.251 e. The van der Waals surface area contributed by atoms with Gasteiger partial charge in [-0.15, -0.1) is 11.3 Å². The van der Waals surface area contributed by atoms with Gasteiger partial charge in [0.15, 0.2) is 5.78 Å². The highest BCUT2D eigenvalue weighted by atomic mass is 32.2. The Balaban J connectivity index is 1.69. The second-order valence-corrected chi connectivity index (χ2v) is 10.3. The monoisotopic (exact) mass is 472 g/mol. The molecule has 0 radical (unpaired) electrons. The van der Waals surface area contributed by atoms with E-state index in [1.165, 1.54) is 49.7 Å². The first-order valence-corrected chi connectivity index (χ1v) is 12.1. The Morgan fingerprint density at radius 2 is 1.84 bits per heavy atom. The molecular formula is C22H24N4O4S2. The van der Waals surface area contributed by atoms with E-state index < -0.39 is 22.0 Å². The lowest BCUT2D eigenvalue weighted by molar-refractivity contribution is -0.120. The smallest absolute Gasteiger partial charge is 0.251 e. The Morgan fingerprint density at radius 1 is 1.12 bits per heavy atom. The third-order valence-electron chi connectivity index (χ3n) is 4.75. The molecule has 1 heterocycles. The summed E-state index contributed by atoms with van der Waals surface area (Å²) in [6, 6.07) is 14.3. The lowest BCUT2D eigenvalue weighted by Crippen LogP contribution is -2.46. The van der Waals surface area contributed by atoms with Gasteiger partial charge in [-0.25, -0.2) is 17.7 Å². The zero-order valence-corrected chi connectivity index (χ0v) is 19.3. The van der Waals surface area contributed by atoms with Crippen LogP contribution in [0.5, 0.6) is 0 Å². The van der Waals surface area contributed by atoms with Crippen LogP contribution in [0.25, 0.3) is 11.3 Å². The number of carbonyl (C=O) groups is 2. The van der Waals surface area contributed by atoms with E-state index in [1.54, 1.807) is 0 Å². The number of nitrogens with one attached hydrogen (secondary N) is 1. The van der Waals surface area contributed by atoms with Crippen LogP contribution in [-0.2, 0) is 21.2 Å². The Labute approximate surface area is 191 Å². The molecule has 0 saturated carbocycles. The van der Waals surface area contributed by atoms with E-state index in [9.17, 15) is 18.0 Å². The maximum atomic E-state index is 12.7. The number of thiazole rings is 1. The highest BCUT2D eigenvalue weighted by molar-refractivity contribution is 7.89. The number of hydrogen-bond acceptors (Lipinski definition) is 7. The standard InChI is InChI=1S/C22H24N4O4S2/c1-26(2)32(29,30)17-10-6-9-16(11-17)22(28)25-18(13-23)20(27)12-21-24-19(14-31-21)15-7-4-3-5-8-15/h3-11,14,18H,12-13,23H2,1-2H3,(H,25,28)/t18-/m0/s1. The number of ketones is 1. The fourth-order valence-corrected chi connectivity index (χ4v) is 4.69. The Bertz CT molecular complexity index is 1210. The summed E-state index contributed by atoms with van der Waals surface area (Å²) in [5.74, 6) is -0.847. The third kappa shape index (κ3) is 5.46. The molecule has 1 atom stereocenters. The van der Waals surface area contributed by atoms with Crippen molar-refractivity contribution in [3.8, 4) is 11.3 Å². The maximum absolute atomic E-state index is 12.7. The molecule has 3 aromatic rings. The normalized spacial score (nSPS) is 12.5. The van der Waals surface area contributed by atoms with Gasteiger partial charge in [0.1, 0.15) is 11.0 Å². The predicted octanol–water partition coefficient (Wildman–Crippen LogP) is 1.93. The number of hydrogen-bond donors (Lipinski definition) is 2. The molecule has 0 aliphatic carbocycles. The van der Waals surface area contributed by atoms with Gasteiger partial charge < -0.3 is 11.1 Å². The minimum atomic E-state index is -3.69. The Morgan fingerprint density at radius 3 is 2.50 bits per heavy atom. The molecule has 1 amide bonds. The Hall–Kier alpha value is -2.92. The van der Waals surface area contributed by atoms with E-state index in [2.05, 4.69) is 10.3 Å². The molecule has 0 aliphatic heterocycles. The van der Waals surface area contributed by atoms with Crippen molar-refractivity contribution in [2.45, 2.75) is 17.4 Å². The molecule has 3 N–H and O–H groups in total. The second kappa shape index (κ2) is 10.1. The van der Waals surface area contributed by atoms with Crippen LogP contribution in [0.1, 0.15) is 15.4 Å². The van der Waals surface area contributed by atoms with E-state index in [0.717, 1.165) is 15.6 Å². The van der Waals surface area contributed by atoms with E-state index >= 15 is 0 Å². The number of carbonyl (C=O) groups excluding carboxylic acids is 2. The van der Waals surface area contributed by atoms with Crippen molar-refractivity contribution < 1.29 is 18.0 Å². The average molecular weight is 473 g/mol. The molecule has 0 bridgehead atoms. The first-order valence-electron chi connectivity index (χ1n) is 9.78. The van der Waals surface area contributed by atoms with Crippen molar-refractivity contribution in [1.82, 2.24) is 14.6 Å². The van der Waals surface area contributed by atoms with Crippen molar-refractivity contribution in [3.05, 3.63) is 70.5 Å². The van der Waals surface area contributed by atoms with Gasteiger partial charge in [0.2, 0.25) is 10.0 Å². The number of benzene rings is 2. The highest BCUT2D eigenvalue weighted by Crippen LogP contribution is 2.22. The van der Waals surface area contributed by atoms with Crippen LogP contribution in [-0.4, -0.2) is 56.1 Å². The van der Waals surface area contributed by atoms with Crippen LogP contribution >= 0.6 is 11.3 Å². The minimum absolute atomic E-state index is 0.0120. The molecule has 1 aromatic heterocycles. The van der Waals surface area contributed by atoms with E-state index in [4.69, 9.17) is 5.73 Å². The quantitative estimate of drug-likeness (QED) is 0.491. The van der Waals surface area contributed by atoms with Gasteiger partial charge in [-0.05, 0) is 18.2 Å². The summed E-state index contributed by atoms with van der Waals surface area (Å²) in [5, 5.41) is 5.11. The first kappa shape index (κ1) is 23.7. The number of aromatic nitrogens is 1. The van der Waals surface area contributed by atoms with E-state index in [-0.39, 0.29) is 29.2 Å². The topological polar surface area (TPSA) is 122 Å². The van der Waals surface area contributed by atoms with Crippen LogP contribution in [0.3, 0.4) is 0 Å². The van der Waals surface area contributed by atoms with Crippen LogP contribution in [0.2, 0.25) is 0 Å². The molecule has 0 saturated heterocycles. The minimum Gasteiger partial charge on any atom is -0.341 e. The number of nitrogens with zero attached hydrogens (tertiary/aromatic N) is 2. The molecule has 0 spiro atoms. The number of amides is 1. The largest absolute Gasteiger partial charge is 0.341 e.